The molecule has 0 saturated carbocycles. The maximum Gasteiger partial charge on any atom is 0.508 e. The standard InChI is InChI=1S/C20H24N2O2.C5H10O3/c1-3-13-12-22-9-7-14(13)10-19(22)20(23)16-6-8-21-18-5-4-15(24-2)11-17(16)18;1-3-7-5(6)8-4-2/h3-6,8,11,13-14,19-20,23H,1,7,9-10,12H2,2H3;3-4H2,1-2H3/t13-,14-,19-,20+;/m0./s1. The Balaban J connectivity index is 0.000000312. The van der Waals surface area contributed by atoms with Gasteiger partial charge in [0.15, 0.2) is 0 Å². The first-order valence-corrected chi connectivity index (χ1v) is 11.3. The molecule has 5 rings (SSSR count). The fraction of sp³-hybridized carbons (Fsp3) is 0.520. The number of ether oxygens (including phenoxy) is 3. The number of carbonyl (C=O) groups is 1. The predicted molar refractivity (Wildman–Crippen MR) is 124 cm³/mol. The molecule has 2 aromatic rings. The highest BCUT2D eigenvalue weighted by Gasteiger charge is 2.42. The van der Waals surface area contributed by atoms with Gasteiger partial charge in [-0.15, -0.1) is 6.58 Å². The average molecular weight is 443 g/mol. The number of carbonyl (C=O) groups excluding carboxylic acids is 1. The molecular weight excluding hydrogens is 408 g/mol. The second kappa shape index (κ2) is 11.3. The molecule has 4 heterocycles. The van der Waals surface area contributed by atoms with Crippen LogP contribution in [0.5, 0.6) is 5.75 Å². The third-order valence-corrected chi connectivity index (χ3v) is 6.34. The van der Waals surface area contributed by atoms with Crippen molar-refractivity contribution in [1.82, 2.24) is 9.88 Å². The second-order valence-corrected chi connectivity index (χ2v) is 8.09. The summed E-state index contributed by atoms with van der Waals surface area (Å²) in [6.45, 7) is 10.3. The summed E-state index contributed by atoms with van der Waals surface area (Å²) in [6, 6.07) is 7.96. The number of piperidine rings is 3. The van der Waals surface area contributed by atoms with Crippen molar-refractivity contribution in [3.05, 3.63) is 48.7 Å². The summed E-state index contributed by atoms with van der Waals surface area (Å²) in [6.07, 6.45) is 5.03. The van der Waals surface area contributed by atoms with Crippen LogP contribution in [0.25, 0.3) is 10.9 Å². The van der Waals surface area contributed by atoms with Gasteiger partial charge in [-0.05, 0) is 74.9 Å². The number of benzene rings is 1. The molecule has 7 heteroatoms. The first-order chi connectivity index (χ1) is 15.5. The normalized spacial score (nSPS) is 24.8. The molecule has 0 aliphatic carbocycles. The van der Waals surface area contributed by atoms with Crippen LogP contribution in [-0.2, 0) is 9.47 Å². The van der Waals surface area contributed by atoms with E-state index in [1.54, 1.807) is 27.2 Å². The third-order valence-electron chi connectivity index (χ3n) is 6.34. The predicted octanol–water partition coefficient (Wildman–Crippen LogP) is 4.35. The molecule has 174 valence electrons. The monoisotopic (exact) mass is 442 g/mol. The number of aromatic nitrogens is 1. The van der Waals surface area contributed by atoms with Gasteiger partial charge >= 0.3 is 6.16 Å². The molecule has 1 aromatic heterocycles. The Morgan fingerprint density at radius 2 is 2.06 bits per heavy atom. The molecule has 1 N–H and O–H groups in total. The topological polar surface area (TPSA) is 81.1 Å². The van der Waals surface area contributed by atoms with Gasteiger partial charge in [-0.2, -0.15) is 0 Å². The number of rotatable bonds is 6. The van der Waals surface area contributed by atoms with Crippen LogP contribution in [0.15, 0.2) is 43.1 Å². The maximum atomic E-state index is 11.2. The van der Waals surface area contributed by atoms with Gasteiger partial charge < -0.3 is 19.3 Å². The molecule has 0 spiro atoms. The summed E-state index contributed by atoms with van der Waals surface area (Å²) >= 11 is 0. The first-order valence-electron chi connectivity index (χ1n) is 11.3. The molecule has 0 amide bonds. The zero-order valence-electron chi connectivity index (χ0n) is 19.2. The largest absolute Gasteiger partial charge is 0.508 e. The minimum absolute atomic E-state index is 0.178. The van der Waals surface area contributed by atoms with Gasteiger partial charge in [-0.25, -0.2) is 4.79 Å². The Bertz CT molecular complexity index is 910. The number of hydrogen-bond acceptors (Lipinski definition) is 7. The van der Waals surface area contributed by atoms with Crippen LogP contribution < -0.4 is 4.74 Å². The van der Waals surface area contributed by atoms with Gasteiger partial charge in [0.25, 0.3) is 0 Å². The summed E-state index contributed by atoms with van der Waals surface area (Å²) in [7, 11) is 1.66. The fourth-order valence-electron chi connectivity index (χ4n) is 4.72. The number of nitrogens with zero attached hydrogens (tertiary/aromatic N) is 2. The van der Waals surface area contributed by atoms with Crippen LogP contribution in [0.3, 0.4) is 0 Å². The zero-order chi connectivity index (χ0) is 23.1. The minimum Gasteiger partial charge on any atom is -0.497 e. The van der Waals surface area contributed by atoms with Crippen molar-refractivity contribution in [2.45, 2.75) is 38.8 Å². The third kappa shape index (κ3) is 5.40. The number of fused-ring (bicyclic) bond motifs is 4. The molecule has 2 bridgehead atoms. The van der Waals surface area contributed by atoms with E-state index in [1.165, 1.54) is 6.42 Å². The van der Waals surface area contributed by atoms with Gasteiger partial charge in [-0.1, -0.05) is 6.08 Å². The molecule has 7 nitrogen and oxygen atoms in total. The highest BCUT2D eigenvalue weighted by atomic mass is 16.7. The lowest BCUT2D eigenvalue weighted by atomic mass is 9.73. The molecular formula is C25H34N2O5. The van der Waals surface area contributed by atoms with Crippen LogP contribution >= 0.6 is 0 Å². The molecule has 3 fully saturated rings. The van der Waals surface area contributed by atoms with Crippen molar-refractivity contribution in [2.75, 3.05) is 33.4 Å². The molecule has 1 aromatic carbocycles. The van der Waals surface area contributed by atoms with Crippen LogP contribution in [0.2, 0.25) is 0 Å². The fourth-order valence-corrected chi connectivity index (χ4v) is 4.72. The van der Waals surface area contributed by atoms with Gasteiger partial charge in [0.1, 0.15) is 5.75 Å². The molecule has 0 radical (unpaired) electrons. The van der Waals surface area contributed by atoms with E-state index in [2.05, 4.69) is 32.0 Å². The highest BCUT2D eigenvalue weighted by molar-refractivity contribution is 5.84. The molecule has 3 aliphatic heterocycles. The van der Waals surface area contributed by atoms with Crippen LogP contribution in [0.4, 0.5) is 4.79 Å². The molecule has 3 aliphatic rings. The average Bonchev–Trinajstić information content (AvgIpc) is 2.83. The lowest BCUT2D eigenvalue weighted by molar-refractivity contribution is -0.0444. The lowest BCUT2D eigenvalue weighted by Crippen LogP contribution is -2.54. The van der Waals surface area contributed by atoms with Crippen molar-refractivity contribution < 1.29 is 24.1 Å². The SMILES string of the molecule is C=C[C@H]1C[N@]2CC[C@H]1C[C@H]2[C@H](O)c1ccnc2ccc(OC)cc12.CCOC(=O)OCC. The van der Waals surface area contributed by atoms with Crippen LogP contribution in [0, 0.1) is 11.8 Å². The van der Waals surface area contributed by atoms with Crippen molar-refractivity contribution in [2.24, 2.45) is 11.8 Å². The highest BCUT2D eigenvalue weighted by Crippen LogP contribution is 2.42. The maximum absolute atomic E-state index is 11.2. The van der Waals surface area contributed by atoms with Crippen LogP contribution in [0.1, 0.15) is 38.4 Å². The van der Waals surface area contributed by atoms with E-state index < -0.39 is 12.3 Å². The molecule has 0 unspecified atom stereocenters. The number of methoxy groups -OCH3 is 1. The summed E-state index contributed by atoms with van der Waals surface area (Å²) in [5.74, 6) is 2.01. The van der Waals surface area contributed by atoms with E-state index in [1.807, 2.05) is 24.3 Å². The summed E-state index contributed by atoms with van der Waals surface area (Å²) in [5.41, 5.74) is 1.85. The van der Waals surface area contributed by atoms with Gasteiger partial charge in [0.05, 0.1) is 31.9 Å². The quantitative estimate of drug-likeness (QED) is 0.526. The number of pyridine rings is 1. The Morgan fingerprint density at radius 1 is 1.31 bits per heavy atom. The Kier molecular flexibility index (Phi) is 8.47. The number of aliphatic hydroxyl groups excluding tert-OH is 1. The summed E-state index contributed by atoms with van der Waals surface area (Å²) < 4.78 is 14.2. The second-order valence-electron chi connectivity index (χ2n) is 8.09. The number of hydrogen-bond donors (Lipinski definition) is 1. The molecule has 3 saturated heterocycles. The Hall–Kier alpha value is -2.64. The zero-order valence-corrected chi connectivity index (χ0v) is 19.2. The molecule has 5 atom stereocenters. The lowest BCUT2D eigenvalue weighted by Gasteiger charge is -2.50. The van der Waals surface area contributed by atoms with Crippen LogP contribution in [-0.4, -0.2) is 60.6 Å². The van der Waals surface area contributed by atoms with Gasteiger partial charge in [0, 0.05) is 24.2 Å². The Morgan fingerprint density at radius 3 is 2.66 bits per heavy atom. The van der Waals surface area contributed by atoms with E-state index in [9.17, 15) is 9.90 Å². The Labute approximate surface area is 190 Å². The van der Waals surface area contributed by atoms with Gasteiger partial charge in [-0.3, -0.25) is 9.88 Å². The van der Waals surface area contributed by atoms with E-state index in [-0.39, 0.29) is 6.04 Å². The van der Waals surface area contributed by atoms with E-state index in [4.69, 9.17) is 4.74 Å². The minimum atomic E-state index is -0.588. The van der Waals surface area contributed by atoms with Crippen molar-refractivity contribution in [3.63, 3.8) is 0 Å². The smallest absolute Gasteiger partial charge is 0.497 e. The first kappa shape index (κ1) is 24.0. The van der Waals surface area contributed by atoms with Gasteiger partial charge in [0.2, 0.25) is 0 Å². The number of aliphatic hydroxyl groups is 1. The van der Waals surface area contributed by atoms with E-state index >= 15 is 0 Å². The van der Waals surface area contributed by atoms with E-state index in [0.717, 1.165) is 41.7 Å². The van der Waals surface area contributed by atoms with Crippen molar-refractivity contribution in [3.8, 4) is 5.75 Å². The van der Waals surface area contributed by atoms with E-state index in [0.29, 0.717) is 25.0 Å². The van der Waals surface area contributed by atoms with Crippen molar-refractivity contribution in [1.29, 1.82) is 0 Å². The summed E-state index contributed by atoms with van der Waals surface area (Å²) in [4.78, 5) is 17.1. The van der Waals surface area contributed by atoms with Crippen molar-refractivity contribution >= 4 is 17.1 Å². The summed E-state index contributed by atoms with van der Waals surface area (Å²) in [5, 5.41) is 12.1. The molecule has 32 heavy (non-hydrogen) atoms.